The maximum Gasteiger partial charge on any atom is 0.0683 e. The fourth-order valence-corrected chi connectivity index (χ4v) is 5.09. The third-order valence-corrected chi connectivity index (χ3v) is 6.63. The standard InChI is InChI=1S/C27H22N2/c1-27(19-12-6-3-7-13-19)22-17-24-21(20-14-8-9-15-23(20)28-24)16-25(22)29-26(27)18-10-4-2-5-11-18/h2-17,20,23,28H,1H3. The lowest BCUT2D eigenvalue weighted by molar-refractivity contribution is 0.793. The van der Waals surface area contributed by atoms with Crippen molar-refractivity contribution in [3.8, 4) is 0 Å². The molecule has 0 aromatic heterocycles. The average Bonchev–Trinajstić information content (AvgIpc) is 3.29. The molecule has 0 bridgehead atoms. The van der Waals surface area contributed by atoms with Crippen LogP contribution < -0.4 is 5.32 Å². The zero-order chi connectivity index (χ0) is 19.4. The number of fused-ring (bicyclic) bond motifs is 4. The molecule has 6 rings (SSSR count). The Labute approximate surface area is 171 Å². The normalized spacial score (nSPS) is 25.8. The van der Waals surface area contributed by atoms with Crippen molar-refractivity contribution in [1.82, 2.24) is 0 Å². The highest BCUT2D eigenvalue weighted by molar-refractivity contribution is 6.15. The molecular formula is C27H22N2. The van der Waals surface area contributed by atoms with E-state index in [0.717, 1.165) is 11.4 Å². The van der Waals surface area contributed by atoms with Gasteiger partial charge in [0.15, 0.2) is 0 Å². The van der Waals surface area contributed by atoms with E-state index in [9.17, 15) is 0 Å². The maximum absolute atomic E-state index is 5.21. The van der Waals surface area contributed by atoms with Crippen molar-refractivity contribution in [2.75, 3.05) is 5.32 Å². The van der Waals surface area contributed by atoms with Crippen molar-refractivity contribution in [2.45, 2.75) is 24.3 Å². The minimum Gasteiger partial charge on any atom is -0.378 e. The van der Waals surface area contributed by atoms with Crippen LogP contribution in [0.1, 0.15) is 35.1 Å². The molecule has 3 aromatic rings. The van der Waals surface area contributed by atoms with Gasteiger partial charge in [0.2, 0.25) is 0 Å². The molecule has 3 aromatic carbocycles. The average molecular weight is 374 g/mol. The van der Waals surface area contributed by atoms with Crippen molar-refractivity contribution in [2.24, 2.45) is 4.99 Å². The summed E-state index contributed by atoms with van der Waals surface area (Å²) in [5, 5.41) is 3.72. The summed E-state index contributed by atoms with van der Waals surface area (Å²) in [6.07, 6.45) is 8.83. The predicted octanol–water partition coefficient (Wildman–Crippen LogP) is 6.13. The summed E-state index contributed by atoms with van der Waals surface area (Å²) in [5.41, 5.74) is 8.26. The summed E-state index contributed by atoms with van der Waals surface area (Å²) in [6, 6.07) is 26.4. The lowest BCUT2D eigenvalue weighted by atomic mass is 9.71. The first-order chi connectivity index (χ1) is 14.2. The molecule has 1 N–H and O–H groups in total. The molecule has 29 heavy (non-hydrogen) atoms. The van der Waals surface area contributed by atoms with E-state index in [2.05, 4.69) is 109 Å². The van der Waals surface area contributed by atoms with Gasteiger partial charge in [-0.2, -0.15) is 0 Å². The Morgan fingerprint density at radius 2 is 1.59 bits per heavy atom. The molecule has 0 fully saturated rings. The van der Waals surface area contributed by atoms with Crippen LogP contribution in [-0.4, -0.2) is 11.8 Å². The van der Waals surface area contributed by atoms with Gasteiger partial charge in [0.05, 0.1) is 22.9 Å². The smallest absolute Gasteiger partial charge is 0.0683 e. The molecule has 2 heteroatoms. The van der Waals surface area contributed by atoms with Crippen molar-refractivity contribution in [1.29, 1.82) is 0 Å². The van der Waals surface area contributed by atoms with Gasteiger partial charge in [0.1, 0.15) is 0 Å². The Morgan fingerprint density at radius 3 is 2.38 bits per heavy atom. The molecule has 0 radical (unpaired) electrons. The Balaban J connectivity index is 1.58. The second kappa shape index (κ2) is 6.05. The number of benzene rings is 3. The molecule has 2 aliphatic heterocycles. The van der Waals surface area contributed by atoms with Gasteiger partial charge in [0, 0.05) is 11.6 Å². The SMILES string of the molecule is CC1(c2ccccc2)C(c2ccccc2)=Nc2cc3c(cc21)NC1C=CC=CC31. The molecule has 3 atom stereocenters. The highest BCUT2D eigenvalue weighted by atomic mass is 15.0. The Hall–Kier alpha value is -3.39. The van der Waals surface area contributed by atoms with Gasteiger partial charge < -0.3 is 5.32 Å². The van der Waals surface area contributed by atoms with Gasteiger partial charge in [-0.3, -0.25) is 4.99 Å². The minimum absolute atomic E-state index is 0.284. The second-order valence-electron chi connectivity index (χ2n) is 8.24. The summed E-state index contributed by atoms with van der Waals surface area (Å²) in [6.45, 7) is 2.31. The van der Waals surface area contributed by atoms with Crippen LogP contribution in [-0.2, 0) is 5.41 Å². The number of hydrogen-bond donors (Lipinski definition) is 1. The number of aliphatic imine (C=N–C) groups is 1. The Morgan fingerprint density at radius 1 is 0.862 bits per heavy atom. The highest BCUT2D eigenvalue weighted by Gasteiger charge is 2.43. The second-order valence-corrected chi connectivity index (χ2v) is 8.24. The largest absolute Gasteiger partial charge is 0.378 e. The topological polar surface area (TPSA) is 24.4 Å². The van der Waals surface area contributed by atoms with Crippen LogP contribution in [0, 0.1) is 0 Å². The zero-order valence-corrected chi connectivity index (χ0v) is 16.3. The summed E-state index contributed by atoms with van der Waals surface area (Å²) in [4.78, 5) is 5.21. The summed E-state index contributed by atoms with van der Waals surface area (Å²) in [7, 11) is 0. The van der Waals surface area contributed by atoms with E-state index in [0.29, 0.717) is 12.0 Å². The van der Waals surface area contributed by atoms with Crippen LogP contribution in [0.3, 0.4) is 0 Å². The van der Waals surface area contributed by atoms with Crippen LogP contribution in [0.15, 0.2) is 102 Å². The van der Waals surface area contributed by atoms with E-state index >= 15 is 0 Å². The third-order valence-electron chi connectivity index (χ3n) is 6.63. The van der Waals surface area contributed by atoms with E-state index in [-0.39, 0.29) is 5.41 Å². The van der Waals surface area contributed by atoms with Crippen molar-refractivity contribution >= 4 is 17.1 Å². The molecule has 1 aliphatic carbocycles. The first-order valence-electron chi connectivity index (χ1n) is 10.3. The van der Waals surface area contributed by atoms with Crippen molar-refractivity contribution in [3.05, 3.63) is 119 Å². The molecular weight excluding hydrogens is 352 g/mol. The van der Waals surface area contributed by atoms with E-state index in [1.165, 1.54) is 27.9 Å². The van der Waals surface area contributed by atoms with Crippen molar-refractivity contribution < 1.29 is 0 Å². The Kier molecular flexibility index (Phi) is 3.45. The van der Waals surface area contributed by atoms with Gasteiger partial charge in [-0.25, -0.2) is 0 Å². The van der Waals surface area contributed by atoms with Gasteiger partial charge in [-0.1, -0.05) is 85.0 Å². The molecule has 0 saturated carbocycles. The lowest BCUT2D eigenvalue weighted by Gasteiger charge is -2.29. The van der Waals surface area contributed by atoms with Gasteiger partial charge >= 0.3 is 0 Å². The molecule has 0 saturated heterocycles. The predicted molar refractivity (Wildman–Crippen MR) is 120 cm³/mol. The summed E-state index contributed by atoms with van der Waals surface area (Å²) < 4.78 is 0. The monoisotopic (exact) mass is 374 g/mol. The maximum atomic E-state index is 5.21. The number of hydrogen-bond acceptors (Lipinski definition) is 2. The molecule has 140 valence electrons. The van der Waals surface area contributed by atoms with Crippen LogP contribution >= 0.6 is 0 Å². The lowest BCUT2D eigenvalue weighted by Crippen LogP contribution is -2.31. The quantitative estimate of drug-likeness (QED) is 0.573. The van der Waals surface area contributed by atoms with Crippen LogP contribution in [0.25, 0.3) is 0 Å². The molecule has 2 heterocycles. The fourth-order valence-electron chi connectivity index (χ4n) is 5.09. The first kappa shape index (κ1) is 16.6. The molecule has 3 unspecified atom stereocenters. The third kappa shape index (κ3) is 2.32. The van der Waals surface area contributed by atoms with Crippen LogP contribution in [0.5, 0.6) is 0 Å². The van der Waals surface area contributed by atoms with Gasteiger partial charge in [-0.15, -0.1) is 0 Å². The number of nitrogens with one attached hydrogen (secondary N) is 1. The van der Waals surface area contributed by atoms with Crippen LogP contribution in [0.2, 0.25) is 0 Å². The minimum atomic E-state index is -0.284. The van der Waals surface area contributed by atoms with Crippen LogP contribution in [0.4, 0.5) is 11.4 Å². The highest BCUT2D eigenvalue weighted by Crippen LogP contribution is 2.51. The fraction of sp³-hybridized carbons (Fsp3) is 0.148. The summed E-state index contributed by atoms with van der Waals surface area (Å²) >= 11 is 0. The van der Waals surface area contributed by atoms with Gasteiger partial charge in [0.25, 0.3) is 0 Å². The molecule has 0 spiro atoms. The van der Waals surface area contributed by atoms with Gasteiger partial charge in [-0.05, 0) is 41.3 Å². The number of anilines is 1. The van der Waals surface area contributed by atoms with E-state index < -0.39 is 0 Å². The van der Waals surface area contributed by atoms with Crippen molar-refractivity contribution in [3.63, 3.8) is 0 Å². The van der Waals surface area contributed by atoms with E-state index in [1.807, 2.05) is 0 Å². The zero-order valence-electron chi connectivity index (χ0n) is 16.3. The molecule has 0 amide bonds. The summed E-state index contributed by atoms with van der Waals surface area (Å²) in [5.74, 6) is 0.388. The number of nitrogens with zero attached hydrogens (tertiary/aromatic N) is 1. The first-order valence-corrected chi connectivity index (χ1v) is 10.3. The van der Waals surface area contributed by atoms with E-state index in [4.69, 9.17) is 4.99 Å². The molecule has 2 nitrogen and oxygen atoms in total. The molecule has 3 aliphatic rings. The Bertz CT molecular complexity index is 1190. The number of allylic oxidation sites excluding steroid dienone is 2. The number of rotatable bonds is 2. The van der Waals surface area contributed by atoms with E-state index in [1.54, 1.807) is 0 Å².